The molecule has 1 unspecified atom stereocenters. The highest BCUT2D eigenvalue weighted by atomic mass is 19.1. The first-order valence-corrected chi connectivity index (χ1v) is 7.13. The molecule has 1 aromatic heterocycles. The second-order valence-electron chi connectivity index (χ2n) is 5.35. The molecule has 2 aromatic rings. The highest BCUT2D eigenvalue weighted by molar-refractivity contribution is 5.50. The van der Waals surface area contributed by atoms with Gasteiger partial charge in [-0.3, -0.25) is 10.1 Å². The number of anilines is 1. The summed E-state index contributed by atoms with van der Waals surface area (Å²) in [5.74, 6) is 0.0278. The van der Waals surface area contributed by atoms with Gasteiger partial charge in [-0.05, 0) is 37.9 Å². The van der Waals surface area contributed by atoms with Crippen molar-refractivity contribution < 1.29 is 9.31 Å². The molecule has 1 N–H and O–H groups in total. The van der Waals surface area contributed by atoms with Gasteiger partial charge in [-0.1, -0.05) is 12.1 Å². The minimum absolute atomic E-state index is 0.136. The third kappa shape index (κ3) is 4.02. The van der Waals surface area contributed by atoms with Gasteiger partial charge in [-0.15, -0.1) is 0 Å². The molecule has 1 heterocycles. The lowest BCUT2D eigenvalue weighted by Gasteiger charge is -2.25. The van der Waals surface area contributed by atoms with Crippen LogP contribution in [0.1, 0.15) is 17.3 Å². The molecule has 0 amide bonds. The van der Waals surface area contributed by atoms with Crippen molar-refractivity contribution in [1.29, 1.82) is 5.26 Å². The highest BCUT2D eigenvalue weighted by Crippen LogP contribution is 2.22. The van der Waals surface area contributed by atoms with Crippen LogP contribution in [-0.2, 0) is 0 Å². The lowest BCUT2D eigenvalue weighted by atomic mass is 10.1. The number of pyridine rings is 1. The summed E-state index contributed by atoms with van der Waals surface area (Å²) in [7, 11) is 3.72. The molecule has 8 heteroatoms. The minimum Gasteiger partial charge on any atom is -0.368 e. The van der Waals surface area contributed by atoms with Gasteiger partial charge in [0.05, 0.1) is 11.0 Å². The third-order valence-corrected chi connectivity index (χ3v) is 3.51. The van der Waals surface area contributed by atoms with Gasteiger partial charge >= 0.3 is 5.69 Å². The highest BCUT2D eigenvalue weighted by Gasteiger charge is 2.18. The number of likely N-dealkylation sites (N-methyl/N-ethyl adjacent to an activating group) is 1. The zero-order valence-corrected chi connectivity index (χ0v) is 13.2. The molecule has 2 rings (SSSR count). The Morgan fingerprint density at radius 2 is 2.17 bits per heavy atom. The maximum absolute atomic E-state index is 13.4. The van der Waals surface area contributed by atoms with E-state index in [1.165, 1.54) is 24.3 Å². The molecule has 0 aliphatic carbocycles. The Labute approximate surface area is 138 Å². The number of hydrogen-bond acceptors (Lipinski definition) is 6. The first-order valence-electron chi connectivity index (χ1n) is 7.13. The Kier molecular flexibility index (Phi) is 5.39. The van der Waals surface area contributed by atoms with Gasteiger partial charge in [0.25, 0.3) is 0 Å². The van der Waals surface area contributed by atoms with Crippen LogP contribution in [0.5, 0.6) is 0 Å². The van der Waals surface area contributed by atoms with Gasteiger partial charge in [-0.2, -0.15) is 5.26 Å². The topological polar surface area (TPSA) is 95.1 Å². The van der Waals surface area contributed by atoms with Gasteiger partial charge in [-0.25, -0.2) is 9.37 Å². The van der Waals surface area contributed by atoms with Crippen LogP contribution in [0, 0.1) is 27.3 Å². The normalized spacial score (nSPS) is 11.8. The Hall–Kier alpha value is -3.05. The lowest BCUT2D eigenvalue weighted by molar-refractivity contribution is -0.385. The molecule has 0 aliphatic rings. The largest absolute Gasteiger partial charge is 0.368 e. The molecular formula is C16H16FN5O2. The molecule has 0 bridgehead atoms. The zero-order chi connectivity index (χ0) is 17.7. The predicted molar refractivity (Wildman–Crippen MR) is 86.9 cm³/mol. The average Bonchev–Trinajstić information content (AvgIpc) is 2.54. The number of hydrogen-bond donors (Lipinski definition) is 1. The summed E-state index contributed by atoms with van der Waals surface area (Å²) in [5.41, 5.74) is 0.199. The van der Waals surface area contributed by atoms with Crippen LogP contribution in [0.3, 0.4) is 0 Å². The maximum atomic E-state index is 13.4. The summed E-state index contributed by atoms with van der Waals surface area (Å²) in [6.07, 6.45) is 0. The van der Waals surface area contributed by atoms with E-state index in [1.54, 1.807) is 12.1 Å². The number of nitrogens with one attached hydrogen (secondary N) is 1. The fourth-order valence-electron chi connectivity index (χ4n) is 2.29. The molecule has 1 atom stereocenters. The van der Waals surface area contributed by atoms with E-state index in [0.717, 1.165) is 5.56 Å². The fraction of sp³-hybridized carbons (Fsp3) is 0.250. The van der Waals surface area contributed by atoms with Crippen molar-refractivity contribution in [2.75, 3.05) is 26.0 Å². The third-order valence-electron chi connectivity index (χ3n) is 3.51. The minimum atomic E-state index is -0.648. The molecule has 0 saturated heterocycles. The second-order valence-corrected chi connectivity index (χ2v) is 5.35. The van der Waals surface area contributed by atoms with E-state index < -0.39 is 4.92 Å². The molecule has 1 aromatic carbocycles. The van der Waals surface area contributed by atoms with Gasteiger partial charge in [0.1, 0.15) is 17.7 Å². The average molecular weight is 329 g/mol. The summed E-state index contributed by atoms with van der Waals surface area (Å²) >= 11 is 0. The molecule has 0 spiro atoms. The van der Waals surface area contributed by atoms with Crippen molar-refractivity contribution in [3.8, 4) is 6.07 Å². The molecule has 124 valence electrons. The van der Waals surface area contributed by atoms with Crippen molar-refractivity contribution in [2.45, 2.75) is 6.04 Å². The number of nitrogens with zero attached hydrogens (tertiary/aromatic N) is 4. The summed E-state index contributed by atoms with van der Waals surface area (Å²) in [4.78, 5) is 16.0. The van der Waals surface area contributed by atoms with Crippen LogP contribution < -0.4 is 5.32 Å². The van der Waals surface area contributed by atoms with E-state index in [-0.39, 0.29) is 23.2 Å². The lowest BCUT2D eigenvalue weighted by Crippen LogP contribution is -2.27. The Morgan fingerprint density at radius 3 is 2.75 bits per heavy atom. The van der Waals surface area contributed by atoms with Crippen molar-refractivity contribution in [1.82, 2.24) is 9.88 Å². The SMILES string of the molecule is CN(C)C(CNc1ccc([N+](=O)[O-])c(C#N)n1)c1cccc(F)c1. The number of rotatable bonds is 6. The van der Waals surface area contributed by atoms with E-state index >= 15 is 0 Å². The number of halogens is 1. The first-order chi connectivity index (χ1) is 11.4. The molecular weight excluding hydrogens is 313 g/mol. The van der Waals surface area contributed by atoms with E-state index in [9.17, 15) is 14.5 Å². The Balaban J connectivity index is 2.18. The molecule has 0 saturated carbocycles. The van der Waals surface area contributed by atoms with E-state index in [1.807, 2.05) is 25.1 Å². The Morgan fingerprint density at radius 1 is 1.42 bits per heavy atom. The van der Waals surface area contributed by atoms with Crippen molar-refractivity contribution >= 4 is 11.5 Å². The van der Waals surface area contributed by atoms with Crippen LogP contribution in [-0.4, -0.2) is 35.4 Å². The van der Waals surface area contributed by atoms with E-state index in [0.29, 0.717) is 12.4 Å². The monoisotopic (exact) mass is 329 g/mol. The van der Waals surface area contributed by atoms with Crippen LogP contribution in [0.15, 0.2) is 36.4 Å². The van der Waals surface area contributed by atoms with Gasteiger partial charge < -0.3 is 10.2 Å². The summed E-state index contributed by atoms with van der Waals surface area (Å²) in [6.45, 7) is 0.395. The maximum Gasteiger partial charge on any atom is 0.305 e. The molecule has 7 nitrogen and oxygen atoms in total. The number of aromatic nitrogens is 1. The molecule has 0 aliphatic heterocycles. The van der Waals surface area contributed by atoms with E-state index in [2.05, 4.69) is 10.3 Å². The molecule has 0 fully saturated rings. The van der Waals surface area contributed by atoms with Crippen LogP contribution >= 0.6 is 0 Å². The van der Waals surface area contributed by atoms with Crippen LogP contribution in [0.2, 0.25) is 0 Å². The van der Waals surface area contributed by atoms with E-state index in [4.69, 9.17) is 5.26 Å². The summed E-state index contributed by atoms with van der Waals surface area (Å²) in [6, 6.07) is 10.5. The fourth-order valence-corrected chi connectivity index (χ4v) is 2.29. The second kappa shape index (κ2) is 7.48. The Bertz CT molecular complexity index is 788. The smallest absolute Gasteiger partial charge is 0.305 e. The predicted octanol–water partition coefficient (Wildman–Crippen LogP) is 2.72. The molecule has 24 heavy (non-hydrogen) atoms. The number of benzene rings is 1. The van der Waals surface area contributed by atoms with Crippen molar-refractivity contribution in [3.63, 3.8) is 0 Å². The van der Waals surface area contributed by atoms with Crippen molar-refractivity contribution in [2.24, 2.45) is 0 Å². The number of nitriles is 1. The quantitative estimate of drug-likeness (QED) is 0.647. The van der Waals surface area contributed by atoms with Crippen LogP contribution in [0.25, 0.3) is 0 Å². The summed E-state index contributed by atoms with van der Waals surface area (Å²) < 4.78 is 13.4. The number of nitro groups is 1. The zero-order valence-electron chi connectivity index (χ0n) is 13.2. The molecule has 0 radical (unpaired) electrons. The van der Waals surface area contributed by atoms with Gasteiger partial charge in [0.15, 0.2) is 0 Å². The summed E-state index contributed by atoms with van der Waals surface area (Å²) in [5, 5.41) is 22.8. The standard InChI is InChI=1S/C16H16FN5O2/c1-21(2)15(11-4-3-5-12(17)8-11)10-19-16-7-6-14(22(23)24)13(9-18)20-16/h3-8,15H,10H2,1-2H3,(H,19,20). The van der Waals surface area contributed by atoms with Crippen molar-refractivity contribution in [3.05, 3.63) is 63.6 Å². The van der Waals surface area contributed by atoms with Crippen LogP contribution in [0.4, 0.5) is 15.9 Å². The van der Waals surface area contributed by atoms with Gasteiger partial charge in [0, 0.05) is 12.6 Å². The van der Waals surface area contributed by atoms with Gasteiger partial charge in [0.2, 0.25) is 5.69 Å². The first kappa shape index (κ1) is 17.3.